The van der Waals surface area contributed by atoms with Crippen LogP contribution < -0.4 is 0 Å². The van der Waals surface area contributed by atoms with Gasteiger partial charge in [-0.3, -0.25) is 19.9 Å². The van der Waals surface area contributed by atoms with Crippen LogP contribution >= 0.6 is 23.4 Å². The second-order valence-corrected chi connectivity index (χ2v) is 7.84. The van der Waals surface area contributed by atoms with E-state index in [0.29, 0.717) is 28.2 Å². The van der Waals surface area contributed by atoms with Crippen molar-refractivity contribution >= 4 is 51.0 Å². The van der Waals surface area contributed by atoms with Crippen LogP contribution in [0, 0.1) is 0 Å². The van der Waals surface area contributed by atoms with Gasteiger partial charge in [-0.05, 0) is 59.1 Å². The first kappa shape index (κ1) is 20.5. The molecule has 0 radical (unpaired) electrons. The SMILES string of the molecule is O=C1S/C(=C(/Cc2ccc(Cl)cc2C(F)(F)F)c2ccc3[nH]ncc3c2)C(=O)N1O. The number of alkyl halides is 3. The van der Waals surface area contributed by atoms with Gasteiger partial charge in [-0.2, -0.15) is 18.3 Å². The zero-order chi connectivity index (χ0) is 21.6. The average Bonchev–Trinajstić information content (AvgIpc) is 3.26. The number of H-pyrrole nitrogens is 1. The molecule has 0 aliphatic carbocycles. The minimum atomic E-state index is -4.67. The molecular formula is C19H11ClF3N3O3S. The number of hydroxylamine groups is 2. The summed E-state index contributed by atoms with van der Waals surface area (Å²) in [7, 11) is 0. The van der Waals surface area contributed by atoms with Crippen molar-refractivity contribution in [3.63, 3.8) is 0 Å². The van der Waals surface area contributed by atoms with Crippen molar-refractivity contribution in [2.75, 3.05) is 0 Å². The van der Waals surface area contributed by atoms with Crippen LogP contribution in [0.4, 0.5) is 18.0 Å². The summed E-state index contributed by atoms with van der Waals surface area (Å²) >= 11 is 6.22. The molecule has 1 saturated heterocycles. The third-order valence-corrected chi connectivity index (χ3v) is 5.76. The predicted molar refractivity (Wildman–Crippen MR) is 105 cm³/mol. The molecule has 2 N–H and O–H groups in total. The Hall–Kier alpha value is -2.82. The minimum absolute atomic E-state index is 0.0527. The van der Waals surface area contributed by atoms with Crippen molar-refractivity contribution in [3.8, 4) is 0 Å². The molecule has 6 nitrogen and oxygen atoms in total. The predicted octanol–water partition coefficient (Wildman–Crippen LogP) is 5.27. The lowest BCUT2D eigenvalue weighted by atomic mass is 9.93. The number of nitrogens with one attached hydrogen (secondary N) is 1. The number of thioether (sulfide) groups is 1. The van der Waals surface area contributed by atoms with Gasteiger partial charge < -0.3 is 0 Å². The van der Waals surface area contributed by atoms with Crippen LogP contribution in [0.3, 0.4) is 0 Å². The lowest BCUT2D eigenvalue weighted by Gasteiger charge is -2.16. The molecule has 0 bridgehead atoms. The van der Waals surface area contributed by atoms with E-state index in [1.807, 2.05) is 0 Å². The van der Waals surface area contributed by atoms with Crippen molar-refractivity contribution in [1.29, 1.82) is 0 Å². The van der Waals surface area contributed by atoms with Crippen molar-refractivity contribution < 1.29 is 28.0 Å². The zero-order valence-corrected chi connectivity index (χ0v) is 16.4. The number of carbonyl (C=O) groups is 2. The molecule has 1 fully saturated rings. The molecule has 2 amide bonds. The lowest BCUT2D eigenvalue weighted by Crippen LogP contribution is -2.23. The first-order chi connectivity index (χ1) is 14.1. The number of aromatic amines is 1. The van der Waals surface area contributed by atoms with E-state index >= 15 is 0 Å². The maximum absolute atomic E-state index is 13.6. The van der Waals surface area contributed by atoms with Gasteiger partial charge in [-0.25, -0.2) is 0 Å². The Morgan fingerprint density at radius 2 is 1.97 bits per heavy atom. The van der Waals surface area contributed by atoms with Gasteiger partial charge in [0.2, 0.25) is 0 Å². The largest absolute Gasteiger partial charge is 0.416 e. The summed E-state index contributed by atoms with van der Waals surface area (Å²) in [5.74, 6) is -0.991. The summed E-state index contributed by atoms with van der Waals surface area (Å²) in [5, 5.41) is 15.9. The number of fused-ring (bicyclic) bond motifs is 1. The number of nitrogens with zero attached hydrogens (tertiary/aromatic N) is 2. The van der Waals surface area contributed by atoms with E-state index in [2.05, 4.69) is 10.2 Å². The van der Waals surface area contributed by atoms with Crippen LogP contribution in [0.2, 0.25) is 5.02 Å². The minimum Gasteiger partial charge on any atom is -0.278 e. The van der Waals surface area contributed by atoms with E-state index in [0.717, 1.165) is 6.07 Å². The number of allylic oxidation sites excluding steroid dienone is 1. The van der Waals surface area contributed by atoms with Crippen LogP contribution in [-0.2, 0) is 17.4 Å². The fraction of sp³-hybridized carbons (Fsp3) is 0.105. The first-order valence-corrected chi connectivity index (χ1v) is 9.62. The highest BCUT2D eigenvalue weighted by molar-refractivity contribution is 8.18. The number of amides is 2. The van der Waals surface area contributed by atoms with Crippen molar-refractivity contribution in [3.05, 3.63) is 69.2 Å². The van der Waals surface area contributed by atoms with E-state index in [-0.39, 0.29) is 32.5 Å². The smallest absolute Gasteiger partial charge is 0.278 e. The topological polar surface area (TPSA) is 86.3 Å². The Morgan fingerprint density at radius 1 is 1.20 bits per heavy atom. The van der Waals surface area contributed by atoms with Crippen LogP contribution in [0.5, 0.6) is 0 Å². The summed E-state index contributed by atoms with van der Waals surface area (Å²) in [6, 6.07) is 8.26. The number of hydrogen-bond donors (Lipinski definition) is 2. The number of hydrogen-bond acceptors (Lipinski definition) is 5. The van der Waals surface area contributed by atoms with Gasteiger partial charge in [-0.1, -0.05) is 23.7 Å². The van der Waals surface area contributed by atoms with Gasteiger partial charge >= 0.3 is 11.4 Å². The number of rotatable bonds is 3. The van der Waals surface area contributed by atoms with Gasteiger partial charge in [0.05, 0.1) is 22.2 Å². The molecule has 1 aliphatic heterocycles. The highest BCUT2D eigenvalue weighted by Crippen LogP contribution is 2.40. The Kier molecular flexibility index (Phi) is 5.08. The normalized spacial score (nSPS) is 16.6. The molecule has 3 aromatic rings. The van der Waals surface area contributed by atoms with Gasteiger partial charge in [-0.15, -0.1) is 5.06 Å². The Morgan fingerprint density at radius 3 is 2.63 bits per heavy atom. The summed E-state index contributed by atoms with van der Waals surface area (Å²) in [6.45, 7) is 0. The van der Waals surface area contributed by atoms with Crippen LogP contribution in [-0.4, -0.2) is 31.6 Å². The van der Waals surface area contributed by atoms with Crippen molar-refractivity contribution in [2.24, 2.45) is 0 Å². The van der Waals surface area contributed by atoms with E-state index in [1.165, 1.54) is 18.3 Å². The van der Waals surface area contributed by atoms with E-state index in [4.69, 9.17) is 11.6 Å². The third-order valence-electron chi connectivity index (χ3n) is 4.56. The van der Waals surface area contributed by atoms with E-state index in [1.54, 1.807) is 18.2 Å². The standard InChI is InChI=1S/C19H11ClF3N3O3S/c20-12-3-1-10(14(7-12)19(21,22)23)6-13(16-17(27)26(29)18(28)30-16)9-2-4-15-11(5-9)8-24-25-15/h1-5,7-8,29H,6H2,(H,24,25)/b16-13-. The quantitative estimate of drug-likeness (QED) is 0.416. The van der Waals surface area contributed by atoms with E-state index in [9.17, 15) is 28.0 Å². The second-order valence-electron chi connectivity index (χ2n) is 6.44. The Bertz CT molecular complexity index is 1220. The fourth-order valence-corrected chi connectivity index (χ4v) is 4.15. The molecule has 0 unspecified atom stereocenters. The number of halogens is 4. The fourth-order valence-electron chi connectivity index (χ4n) is 3.15. The third kappa shape index (κ3) is 3.69. The second kappa shape index (κ2) is 7.46. The molecule has 11 heteroatoms. The van der Waals surface area contributed by atoms with Gasteiger partial charge in [0.15, 0.2) is 0 Å². The monoisotopic (exact) mass is 453 g/mol. The zero-order valence-electron chi connectivity index (χ0n) is 14.8. The maximum Gasteiger partial charge on any atom is 0.416 e. The lowest BCUT2D eigenvalue weighted by molar-refractivity contribution is -0.144. The van der Waals surface area contributed by atoms with Crippen LogP contribution in [0.15, 0.2) is 47.5 Å². The molecule has 0 spiro atoms. The van der Waals surface area contributed by atoms with Crippen molar-refractivity contribution in [2.45, 2.75) is 12.6 Å². The number of carbonyl (C=O) groups excluding carboxylic acids is 2. The number of imide groups is 1. The van der Waals surface area contributed by atoms with E-state index < -0.39 is 22.9 Å². The number of aromatic nitrogens is 2. The summed E-state index contributed by atoms with van der Waals surface area (Å²) in [4.78, 5) is 24.0. The van der Waals surface area contributed by atoms with Gasteiger partial charge in [0.1, 0.15) is 0 Å². The van der Waals surface area contributed by atoms with Gasteiger partial charge in [0, 0.05) is 10.4 Å². The Labute approximate surface area is 176 Å². The molecule has 0 atom stereocenters. The number of benzene rings is 2. The Balaban J connectivity index is 1.90. The molecule has 4 rings (SSSR count). The maximum atomic E-state index is 13.6. The molecule has 30 heavy (non-hydrogen) atoms. The molecule has 1 aromatic heterocycles. The molecule has 154 valence electrons. The molecule has 2 heterocycles. The first-order valence-electron chi connectivity index (χ1n) is 8.42. The highest BCUT2D eigenvalue weighted by atomic mass is 35.5. The van der Waals surface area contributed by atoms with Crippen LogP contribution in [0.1, 0.15) is 16.7 Å². The summed E-state index contributed by atoms with van der Waals surface area (Å²) in [6.07, 6.45) is -3.46. The summed E-state index contributed by atoms with van der Waals surface area (Å²) in [5.41, 5.74) is 0.214. The molecule has 0 saturated carbocycles. The molecule has 2 aromatic carbocycles. The van der Waals surface area contributed by atoms with Crippen LogP contribution in [0.25, 0.3) is 16.5 Å². The van der Waals surface area contributed by atoms with Crippen molar-refractivity contribution in [1.82, 2.24) is 15.3 Å². The average molecular weight is 454 g/mol. The molecular weight excluding hydrogens is 443 g/mol. The molecule has 1 aliphatic rings. The summed E-state index contributed by atoms with van der Waals surface area (Å²) < 4.78 is 40.7. The van der Waals surface area contributed by atoms with Gasteiger partial charge in [0.25, 0.3) is 5.91 Å². The highest BCUT2D eigenvalue weighted by Gasteiger charge is 2.38.